The Hall–Kier alpha value is -2.73. The van der Waals surface area contributed by atoms with Crippen LogP contribution in [0.25, 0.3) is 21.8 Å². The molecule has 0 amide bonds. The first kappa shape index (κ1) is 22.5. The predicted octanol–water partition coefficient (Wildman–Crippen LogP) is 4.38. The number of benzene rings is 1. The molecule has 0 atom stereocenters. The van der Waals surface area contributed by atoms with Crippen LogP contribution in [-0.2, 0) is 16.6 Å². The van der Waals surface area contributed by atoms with E-state index in [-0.39, 0.29) is 28.3 Å². The molecule has 0 spiro atoms. The third-order valence-electron chi connectivity index (χ3n) is 4.52. The number of hydrogen-bond donors (Lipinski definition) is 2. The normalized spacial score (nSPS) is 11.9. The van der Waals surface area contributed by atoms with E-state index in [9.17, 15) is 12.8 Å². The van der Waals surface area contributed by atoms with Gasteiger partial charge in [-0.2, -0.15) is 0 Å². The van der Waals surface area contributed by atoms with Crippen molar-refractivity contribution in [2.45, 2.75) is 31.3 Å². The zero-order valence-electron chi connectivity index (χ0n) is 17.0. The Labute approximate surface area is 193 Å². The van der Waals surface area contributed by atoms with E-state index in [1.807, 2.05) is 13.8 Å². The Balaban J connectivity index is 1.72. The van der Waals surface area contributed by atoms with Crippen LogP contribution in [0.3, 0.4) is 0 Å². The molecular weight excluding hydrogens is 475 g/mol. The quantitative estimate of drug-likeness (QED) is 0.370. The number of aromatic amines is 1. The van der Waals surface area contributed by atoms with Crippen molar-refractivity contribution in [2.24, 2.45) is 0 Å². The summed E-state index contributed by atoms with van der Waals surface area (Å²) in [5.74, 6) is -0.366. The first-order chi connectivity index (χ1) is 15.2. The van der Waals surface area contributed by atoms with Crippen molar-refractivity contribution >= 4 is 33.0 Å². The molecule has 0 radical (unpaired) electrons. The van der Waals surface area contributed by atoms with Gasteiger partial charge in [0.05, 0.1) is 27.6 Å². The summed E-state index contributed by atoms with van der Waals surface area (Å²) in [5, 5.41) is 0.827. The Morgan fingerprint density at radius 3 is 2.72 bits per heavy atom. The van der Waals surface area contributed by atoms with E-state index in [2.05, 4.69) is 24.7 Å². The molecule has 0 aliphatic rings. The predicted molar refractivity (Wildman–Crippen MR) is 120 cm³/mol. The lowest BCUT2D eigenvalue weighted by Crippen LogP contribution is -2.24. The maximum atomic E-state index is 14.5. The molecule has 0 aliphatic carbocycles. The molecule has 1 aromatic carbocycles. The lowest BCUT2D eigenvalue weighted by Gasteiger charge is -2.09. The van der Waals surface area contributed by atoms with Gasteiger partial charge in [-0.05, 0) is 35.9 Å². The third-order valence-corrected chi connectivity index (χ3v) is 7.38. The molecule has 0 saturated carbocycles. The molecule has 166 valence electrons. The smallest absolute Gasteiger partial charge is 0.259 e. The first-order valence-corrected chi connectivity index (χ1v) is 12.2. The molecule has 0 saturated heterocycles. The van der Waals surface area contributed by atoms with E-state index in [0.717, 1.165) is 9.88 Å². The van der Waals surface area contributed by atoms with E-state index >= 15 is 0 Å². The fraction of sp³-hybridized carbons (Fsp3) is 0.200. The highest BCUT2D eigenvalue weighted by molar-refractivity contribution is 7.89. The van der Waals surface area contributed by atoms with Crippen molar-refractivity contribution in [2.75, 3.05) is 0 Å². The zero-order chi connectivity index (χ0) is 22.9. The van der Waals surface area contributed by atoms with Gasteiger partial charge in [0.1, 0.15) is 5.82 Å². The van der Waals surface area contributed by atoms with E-state index in [1.165, 1.54) is 29.9 Å². The number of hydrogen-bond acceptors (Lipinski definition) is 7. The maximum Gasteiger partial charge on any atom is 0.259 e. The lowest BCUT2D eigenvalue weighted by atomic mass is 10.1. The lowest BCUT2D eigenvalue weighted by molar-refractivity contribution is 0.571. The molecule has 4 aromatic rings. The molecule has 32 heavy (non-hydrogen) atoms. The van der Waals surface area contributed by atoms with Crippen LogP contribution < -0.4 is 4.72 Å². The molecule has 0 bridgehead atoms. The highest BCUT2D eigenvalue weighted by Crippen LogP contribution is 2.39. The third kappa shape index (κ3) is 4.70. The van der Waals surface area contributed by atoms with Crippen molar-refractivity contribution in [3.63, 3.8) is 0 Å². The second-order valence-electron chi connectivity index (χ2n) is 7.13. The van der Waals surface area contributed by atoms with Crippen LogP contribution >= 0.6 is 22.9 Å². The number of nitrogens with zero attached hydrogens (tertiary/aromatic N) is 4. The van der Waals surface area contributed by atoms with Gasteiger partial charge in [0.25, 0.3) is 10.0 Å². The average molecular weight is 493 g/mol. The molecule has 3 heterocycles. The zero-order valence-corrected chi connectivity index (χ0v) is 19.4. The number of imidazole rings is 1. The van der Waals surface area contributed by atoms with Gasteiger partial charge in [-0.1, -0.05) is 13.8 Å². The fourth-order valence-corrected chi connectivity index (χ4v) is 5.03. The van der Waals surface area contributed by atoms with E-state index in [1.54, 1.807) is 24.4 Å². The van der Waals surface area contributed by atoms with Gasteiger partial charge >= 0.3 is 0 Å². The van der Waals surface area contributed by atoms with Gasteiger partial charge in [0.15, 0.2) is 5.03 Å². The Bertz CT molecular complexity index is 1360. The molecule has 4 rings (SSSR count). The van der Waals surface area contributed by atoms with Gasteiger partial charge in [-0.15, -0.1) is 11.3 Å². The van der Waals surface area contributed by atoms with Crippen LogP contribution in [0.15, 0.2) is 48.0 Å². The summed E-state index contributed by atoms with van der Waals surface area (Å²) in [6.45, 7) is 3.81. The Morgan fingerprint density at radius 1 is 1.22 bits per heavy atom. The van der Waals surface area contributed by atoms with Gasteiger partial charge in [-0.3, -0.25) is 0 Å². The number of rotatable bonds is 7. The van der Waals surface area contributed by atoms with Crippen LogP contribution in [0.5, 0.6) is 0 Å². The molecule has 2 N–H and O–H groups in total. The van der Waals surface area contributed by atoms with Crippen molar-refractivity contribution in [1.29, 1.82) is 0 Å². The number of thiazole rings is 1. The average Bonchev–Trinajstić information content (AvgIpc) is 3.44. The molecule has 12 heteroatoms. The summed E-state index contributed by atoms with van der Waals surface area (Å²) in [6.07, 6.45) is 4.06. The van der Waals surface area contributed by atoms with Crippen LogP contribution in [0.4, 0.5) is 4.39 Å². The number of nitrogens with one attached hydrogen (secondary N) is 2. The minimum absolute atomic E-state index is 0.112. The molecule has 0 aliphatic heterocycles. The number of sulfonamides is 1. The number of H-pyrrole nitrogens is 1. The first-order valence-electron chi connectivity index (χ1n) is 9.51. The minimum atomic E-state index is -3.88. The molecule has 0 fully saturated rings. The number of halogens is 2. The van der Waals surface area contributed by atoms with Crippen LogP contribution in [0.1, 0.15) is 30.3 Å². The largest absolute Gasteiger partial charge is 0.350 e. The molecule has 3 aromatic heterocycles. The van der Waals surface area contributed by atoms with E-state index in [0.29, 0.717) is 17.0 Å². The van der Waals surface area contributed by atoms with Gasteiger partial charge in [0.2, 0.25) is 5.28 Å². The van der Waals surface area contributed by atoms with E-state index in [4.69, 9.17) is 16.6 Å². The summed E-state index contributed by atoms with van der Waals surface area (Å²) in [6, 6.07) is 6.20. The van der Waals surface area contributed by atoms with Crippen molar-refractivity contribution in [3.05, 3.63) is 64.7 Å². The SMILES string of the molecule is CC(C)c1nc(-c2ccc(F)c(CNS(=O)(=O)c3c[nH]cn3)c2)c(-c2ccnc(Cl)n2)s1. The van der Waals surface area contributed by atoms with E-state index < -0.39 is 15.8 Å². The van der Waals surface area contributed by atoms with Gasteiger partial charge < -0.3 is 4.98 Å². The summed E-state index contributed by atoms with van der Waals surface area (Å²) in [5.41, 5.74) is 2.03. The monoisotopic (exact) mass is 492 g/mol. The highest BCUT2D eigenvalue weighted by atomic mass is 35.5. The second-order valence-corrected chi connectivity index (χ2v) is 10.2. The summed E-state index contributed by atoms with van der Waals surface area (Å²) >= 11 is 7.45. The Kier molecular flexibility index (Phi) is 6.33. The van der Waals surface area contributed by atoms with Gasteiger partial charge in [0, 0.05) is 36.0 Å². The minimum Gasteiger partial charge on any atom is -0.350 e. The van der Waals surface area contributed by atoms with Crippen LogP contribution in [0, 0.1) is 5.82 Å². The van der Waals surface area contributed by atoms with Crippen molar-refractivity contribution in [1.82, 2.24) is 29.6 Å². The summed E-state index contributed by atoms with van der Waals surface area (Å²) in [4.78, 5) is 20.0. The maximum absolute atomic E-state index is 14.5. The van der Waals surface area contributed by atoms with Crippen LogP contribution in [0.2, 0.25) is 5.28 Å². The topological polar surface area (TPSA) is 114 Å². The summed E-state index contributed by atoms with van der Waals surface area (Å²) in [7, 11) is -3.88. The van der Waals surface area contributed by atoms with Crippen molar-refractivity contribution in [3.8, 4) is 21.8 Å². The Morgan fingerprint density at radius 2 is 2.03 bits per heavy atom. The molecule has 0 unspecified atom stereocenters. The fourth-order valence-electron chi connectivity index (χ4n) is 2.91. The van der Waals surface area contributed by atoms with Crippen LogP contribution in [-0.4, -0.2) is 33.3 Å². The molecule has 8 nitrogen and oxygen atoms in total. The van der Waals surface area contributed by atoms with Gasteiger partial charge in [-0.25, -0.2) is 37.5 Å². The standard InChI is InChI=1S/C20H18ClFN6O2S2/c1-11(2)19-28-17(18(31-19)15-5-6-24-20(21)27-15)12-3-4-14(22)13(7-12)8-26-32(29,30)16-9-23-10-25-16/h3-7,9-11,26H,8H2,1-2H3,(H,23,25). The summed E-state index contributed by atoms with van der Waals surface area (Å²) < 4.78 is 41.5. The van der Waals surface area contributed by atoms with Crippen molar-refractivity contribution < 1.29 is 12.8 Å². The number of aromatic nitrogens is 5. The second kappa shape index (κ2) is 9.02. The highest BCUT2D eigenvalue weighted by Gasteiger charge is 2.20. The molecular formula is C20H18ClFN6O2S2.